The van der Waals surface area contributed by atoms with Crippen molar-refractivity contribution in [3.63, 3.8) is 0 Å². The molecule has 1 aromatic carbocycles. The third kappa shape index (κ3) is 5.53. The maximum absolute atomic E-state index is 12.2. The van der Waals surface area contributed by atoms with Gasteiger partial charge in [-0.15, -0.1) is 0 Å². The molecule has 2 amide bonds. The number of rotatable bonds is 8. The van der Waals surface area contributed by atoms with Crippen LogP contribution in [0.3, 0.4) is 0 Å². The van der Waals surface area contributed by atoms with E-state index in [-0.39, 0.29) is 29.8 Å². The van der Waals surface area contributed by atoms with Gasteiger partial charge in [-0.3, -0.25) is 9.59 Å². The lowest BCUT2D eigenvalue weighted by Crippen LogP contribution is -2.41. The molecule has 1 aromatic rings. The largest absolute Gasteiger partial charge is 0.484 e. The minimum atomic E-state index is -0.128. The Labute approximate surface area is 143 Å². The third-order valence-corrected chi connectivity index (χ3v) is 4.06. The average molecular weight is 333 g/mol. The van der Waals surface area contributed by atoms with Crippen molar-refractivity contribution in [1.29, 1.82) is 0 Å². The van der Waals surface area contributed by atoms with Crippen molar-refractivity contribution in [2.45, 2.75) is 26.7 Å². The quantitative estimate of drug-likeness (QED) is 0.760. The summed E-state index contributed by atoms with van der Waals surface area (Å²) >= 11 is 0. The van der Waals surface area contributed by atoms with Crippen molar-refractivity contribution in [2.24, 2.45) is 17.1 Å². The Kier molecular flexibility index (Phi) is 5.83. The number of nitrogens with one attached hydrogen (secondary N) is 1. The minimum absolute atomic E-state index is 0.0445. The van der Waals surface area contributed by atoms with Crippen LogP contribution < -0.4 is 15.8 Å². The molecule has 0 bridgehead atoms. The Balaban J connectivity index is 1.84. The minimum Gasteiger partial charge on any atom is -0.484 e. The molecule has 0 atom stereocenters. The van der Waals surface area contributed by atoms with Crippen LogP contribution in [-0.2, 0) is 9.59 Å². The van der Waals surface area contributed by atoms with Gasteiger partial charge < -0.3 is 20.7 Å². The molecule has 0 heterocycles. The van der Waals surface area contributed by atoms with Crippen LogP contribution in [-0.4, -0.2) is 43.5 Å². The van der Waals surface area contributed by atoms with Crippen LogP contribution in [0.4, 0.5) is 5.69 Å². The van der Waals surface area contributed by atoms with Gasteiger partial charge in [0.2, 0.25) is 5.91 Å². The molecule has 6 nitrogen and oxygen atoms in total. The molecule has 3 N–H and O–H groups in total. The lowest BCUT2D eigenvalue weighted by atomic mass is 9.93. The van der Waals surface area contributed by atoms with Gasteiger partial charge in [0.25, 0.3) is 5.91 Å². The molecule has 1 aliphatic rings. The Morgan fingerprint density at radius 2 is 2.08 bits per heavy atom. The first-order valence-corrected chi connectivity index (χ1v) is 8.28. The van der Waals surface area contributed by atoms with Gasteiger partial charge in [-0.25, -0.2) is 0 Å². The van der Waals surface area contributed by atoms with Crippen LogP contribution >= 0.6 is 0 Å². The second kappa shape index (κ2) is 7.66. The van der Waals surface area contributed by atoms with Crippen molar-refractivity contribution in [3.8, 4) is 5.75 Å². The van der Waals surface area contributed by atoms with Crippen LogP contribution in [0.1, 0.15) is 26.7 Å². The van der Waals surface area contributed by atoms with Crippen molar-refractivity contribution in [1.82, 2.24) is 4.90 Å². The van der Waals surface area contributed by atoms with Gasteiger partial charge in [-0.1, -0.05) is 19.9 Å². The number of anilines is 1. The molecule has 0 saturated heterocycles. The Morgan fingerprint density at radius 1 is 1.38 bits per heavy atom. The van der Waals surface area contributed by atoms with Crippen LogP contribution in [0.5, 0.6) is 5.75 Å². The molecular weight excluding hydrogens is 306 g/mol. The van der Waals surface area contributed by atoms with E-state index >= 15 is 0 Å². The van der Waals surface area contributed by atoms with Gasteiger partial charge in [-0.05, 0) is 36.9 Å². The molecule has 6 heteroatoms. The van der Waals surface area contributed by atoms with E-state index in [9.17, 15) is 9.59 Å². The Bertz CT molecular complexity index is 597. The van der Waals surface area contributed by atoms with E-state index in [1.54, 1.807) is 30.1 Å². The lowest BCUT2D eigenvalue weighted by molar-refractivity contribution is -0.133. The summed E-state index contributed by atoms with van der Waals surface area (Å²) in [6, 6.07) is 7.11. The van der Waals surface area contributed by atoms with Gasteiger partial charge in [-0.2, -0.15) is 0 Å². The summed E-state index contributed by atoms with van der Waals surface area (Å²) in [5, 5.41) is 2.87. The van der Waals surface area contributed by atoms with E-state index < -0.39 is 0 Å². The smallest absolute Gasteiger partial charge is 0.260 e. The highest BCUT2D eigenvalue weighted by Crippen LogP contribution is 2.30. The summed E-state index contributed by atoms with van der Waals surface area (Å²) in [4.78, 5) is 25.6. The zero-order chi connectivity index (χ0) is 17.7. The van der Waals surface area contributed by atoms with Crippen molar-refractivity contribution in [3.05, 3.63) is 24.3 Å². The predicted molar refractivity (Wildman–Crippen MR) is 93.8 cm³/mol. The molecule has 1 aliphatic carbocycles. The molecule has 0 radical (unpaired) electrons. The van der Waals surface area contributed by atoms with Gasteiger partial charge in [0.15, 0.2) is 6.61 Å². The van der Waals surface area contributed by atoms with Gasteiger partial charge in [0, 0.05) is 31.3 Å². The van der Waals surface area contributed by atoms with Crippen molar-refractivity contribution < 1.29 is 14.3 Å². The molecule has 1 saturated carbocycles. The van der Waals surface area contributed by atoms with E-state index in [1.165, 1.54) is 0 Å². The van der Waals surface area contributed by atoms with Gasteiger partial charge >= 0.3 is 0 Å². The predicted octanol–water partition coefficient (Wildman–Crippen LogP) is 1.86. The van der Waals surface area contributed by atoms with Gasteiger partial charge in [0.05, 0.1) is 0 Å². The Hall–Kier alpha value is -2.08. The van der Waals surface area contributed by atoms with E-state index in [2.05, 4.69) is 5.32 Å². The van der Waals surface area contributed by atoms with Crippen LogP contribution in [0.2, 0.25) is 0 Å². The van der Waals surface area contributed by atoms with Crippen molar-refractivity contribution in [2.75, 3.05) is 32.1 Å². The van der Waals surface area contributed by atoms with Gasteiger partial charge in [0.1, 0.15) is 5.75 Å². The number of ether oxygens (including phenoxy) is 1. The second-order valence-corrected chi connectivity index (χ2v) is 7.20. The maximum Gasteiger partial charge on any atom is 0.260 e. The highest BCUT2D eigenvalue weighted by molar-refractivity contribution is 5.94. The summed E-state index contributed by atoms with van der Waals surface area (Å²) in [6.45, 7) is 5.07. The molecule has 24 heavy (non-hydrogen) atoms. The monoisotopic (exact) mass is 333 g/mol. The zero-order valence-electron chi connectivity index (χ0n) is 14.7. The molecule has 2 rings (SSSR count). The first-order chi connectivity index (χ1) is 11.3. The lowest BCUT2D eigenvalue weighted by Gasteiger charge is -2.29. The zero-order valence-corrected chi connectivity index (χ0v) is 14.7. The summed E-state index contributed by atoms with van der Waals surface area (Å²) in [5.74, 6) is 0.648. The first-order valence-electron chi connectivity index (χ1n) is 8.28. The number of hydrogen-bond acceptors (Lipinski definition) is 4. The number of amides is 2. The summed E-state index contributed by atoms with van der Waals surface area (Å²) in [5.41, 5.74) is 6.26. The normalized spacial score (nSPS) is 14.2. The van der Waals surface area contributed by atoms with Crippen molar-refractivity contribution >= 4 is 17.5 Å². The molecule has 0 aliphatic heterocycles. The standard InChI is InChI=1S/C18H27N3O3/c1-18(2,11-19)12-21(3)16(22)10-24-15-6-4-5-14(9-15)20-17(23)13-7-8-13/h4-6,9,13H,7-8,10-12,19H2,1-3H3,(H,20,23). The SMILES string of the molecule is CN(CC(C)(C)CN)C(=O)COc1cccc(NC(=O)C2CC2)c1. The summed E-state index contributed by atoms with van der Waals surface area (Å²) in [6.07, 6.45) is 1.92. The number of carbonyl (C=O) groups is 2. The van der Waals surface area contributed by atoms with E-state index in [1.807, 2.05) is 19.9 Å². The fourth-order valence-electron chi connectivity index (χ4n) is 2.30. The van der Waals surface area contributed by atoms with E-state index in [0.29, 0.717) is 24.5 Å². The van der Waals surface area contributed by atoms with E-state index in [0.717, 1.165) is 12.8 Å². The fraction of sp³-hybridized carbons (Fsp3) is 0.556. The Morgan fingerprint density at radius 3 is 2.71 bits per heavy atom. The highest BCUT2D eigenvalue weighted by Gasteiger charge is 2.29. The number of likely N-dealkylation sites (N-methyl/N-ethyl adjacent to an activating group) is 1. The number of nitrogens with two attached hydrogens (primary N) is 1. The number of carbonyl (C=O) groups excluding carboxylic acids is 2. The third-order valence-electron chi connectivity index (χ3n) is 4.06. The highest BCUT2D eigenvalue weighted by atomic mass is 16.5. The van der Waals surface area contributed by atoms with Crippen LogP contribution in [0.25, 0.3) is 0 Å². The average Bonchev–Trinajstić information content (AvgIpc) is 3.37. The number of hydrogen-bond donors (Lipinski definition) is 2. The fourth-order valence-corrected chi connectivity index (χ4v) is 2.30. The topological polar surface area (TPSA) is 84.7 Å². The van der Waals surface area contributed by atoms with Crippen LogP contribution in [0, 0.1) is 11.3 Å². The molecule has 0 unspecified atom stereocenters. The summed E-state index contributed by atoms with van der Waals surface area (Å²) < 4.78 is 5.56. The maximum atomic E-state index is 12.2. The molecular formula is C18H27N3O3. The number of benzene rings is 1. The molecule has 0 spiro atoms. The number of nitrogens with zero attached hydrogens (tertiary/aromatic N) is 1. The molecule has 1 fully saturated rings. The first kappa shape index (κ1) is 18.3. The summed E-state index contributed by atoms with van der Waals surface area (Å²) in [7, 11) is 1.75. The second-order valence-electron chi connectivity index (χ2n) is 7.20. The molecule has 132 valence electrons. The van der Waals surface area contributed by atoms with Crippen LogP contribution in [0.15, 0.2) is 24.3 Å². The van der Waals surface area contributed by atoms with E-state index in [4.69, 9.17) is 10.5 Å². The molecule has 0 aromatic heterocycles.